The number of ether oxygens (including phenoxy) is 2. The minimum Gasteiger partial charge on any atom is -0.490 e. The lowest BCUT2D eigenvalue weighted by atomic mass is 9.63. The molecule has 1 aliphatic heterocycles. The van der Waals surface area contributed by atoms with E-state index in [1.54, 1.807) is 0 Å². The van der Waals surface area contributed by atoms with E-state index in [0.29, 0.717) is 37.6 Å². The third-order valence-corrected chi connectivity index (χ3v) is 10.6. The lowest BCUT2D eigenvalue weighted by Gasteiger charge is -2.49. The van der Waals surface area contributed by atoms with Gasteiger partial charge in [0.1, 0.15) is 6.61 Å². The van der Waals surface area contributed by atoms with Crippen molar-refractivity contribution in [2.45, 2.75) is 79.2 Å². The fourth-order valence-electron chi connectivity index (χ4n) is 7.43. The average molecular weight is 762 g/mol. The van der Waals surface area contributed by atoms with Gasteiger partial charge in [-0.3, -0.25) is 9.59 Å². The number of nitrogens with zero attached hydrogens (tertiary/aromatic N) is 1. The molecule has 0 N–H and O–H groups in total. The Balaban J connectivity index is 1.48. The van der Waals surface area contributed by atoms with Gasteiger partial charge in [-0.2, -0.15) is 0 Å². The predicted molar refractivity (Wildman–Crippen MR) is 193 cm³/mol. The largest absolute Gasteiger partial charge is 0.490 e. The fourth-order valence-corrected chi connectivity index (χ4v) is 8.27. The van der Waals surface area contributed by atoms with Crippen LogP contribution in [-0.2, 0) is 22.6 Å². The number of carbonyl (C=O) groups is 2. The van der Waals surface area contributed by atoms with Crippen molar-refractivity contribution in [2.24, 2.45) is 10.8 Å². The zero-order valence-corrected chi connectivity index (χ0v) is 31.1. The Hall–Kier alpha value is -3.16. The summed E-state index contributed by atoms with van der Waals surface area (Å²) in [6.07, 6.45) is 3.28. The zero-order valence-electron chi connectivity index (χ0n) is 27.9. The second-order valence-electron chi connectivity index (χ2n) is 14.6. The summed E-state index contributed by atoms with van der Waals surface area (Å²) in [5.74, 6) is 0.988. The molecule has 0 radical (unpaired) electrons. The maximum atomic E-state index is 14.3. The van der Waals surface area contributed by atoms with Crippen LogP contribution in [0.3, 0.4) is 0 Å². The van der Waals surface area contributed by atoms with Crippen molar-refractivity contribution in [3.63, 3.8) is 0 Å². The molecule has 0 saturated carbocycles. The van der Waals surface area contributed by atoms with Gasteiger partial charge in [0.15, 0.2) is 23.1 Å². The van der Waals surface area contributed by atoms with Crippen LogP contribution in [0.2, 0.25) is 0 Å². The molecule has 3 aromatic carbocycles. The Labute approximate surface area is 295 Å². The Kier molecular flexibility index (Phi) is 9.61. The van der Waals surface area contributed by atoms with Crippen LogP contribution in [0.15, 0.2) is 98.2 Å². The van der Waals surface area contributed by atoms with Gasteiger partial charge in [-0.15, -0.1) is 0 Å². The third-order valence-electron chi connectivity index (χ3n) is 9.45. The normalized spacial score (nSPS) is 19.1. The van der Waals surface area contributed by atoms with Gasteiger partial charge in [0.25, 0.3) is 0 Å². The summed E-state index contributed by atoms with van der Waals surface area (Å²) in [5.41, 5.74) is 6.46. The molecule has 3 aliphatic rings. The first kappa shape index (κ1) is 33.7. The molecule has 0 aromatic heterocycles. The van der Waals surface area contributed by atoms with E-state index in [0.717, 1.165) is 68.4 Å². The molecule has 0 amide bonds. The van der Waals surface area contributed by atoms with Gasteiger partial charge in [-0.25, -0.2) is 0 Å². The number of hydrogen-bond acceptors (Lipinski definition) is 5. The molecule has 2 aliphatic carbocycles. The van der Waals surface area contributed by atoms with E-state index < -0.39 is 5.92 Å². The standard InChI is InChI=1S/C40H43Br2NO4/c1-6-46-34-19-27(18-29(42)38(34)47-24-26-12-14-28(41)15-13-26)35-36-30(20-39(2,3)22-32(36)44)43(17-16-25-10-8-7-9-11-25)31-21-40(4,5)23-33(45)37(31)35/h7-15,18-19,35H,6,16-17,20-24H2,1-5H3. The lowest BCUT2D eigenvalue weighted by molar-refractivity contribution is -0.119. The van der Waals surface area contributed by atoms with Crippen molar-refractivity contribution in [3.05, 3.63) is 115 Å². The Morgan fingerprint density at radius 1 is 0.766 bits per heavy atom. The first-order valence-electron chi connectivity index (χ1n) is 16.5. The van der Waals surface area contributed by atoms with Crippen molar-refractivity contribution in [3.8, 4) is 11.5 Å². The highest BCUT2D eigenvalue weighted by Gasteiger charge is 2.49. The molecule has 246 valence electrons. The summed E-state index contributed by atoms with van der Waals surface area (Å²) < 4.78 is 14.3. The summed E-state index contributed by atoms with van der Waals surface area (Å²) in [7, 11) is 0. The molecule has 0 bridgehead atoms. The molecule has 0 spiro atoms. The molecule has 1 heterocycles. The molecule has 0 atom stereocenters. The Morgan fingerprint density at radius 3 is 1.94 bits per heavy atom. The average Bonchev–Trinajstić information content (AvgIpc) is 2.99. The van der Waals surface area contributed by atoms with Crippen LogP contribution in [0, 0.1) is 10.8 Å². The van der Waals surface area contributed by atoms with Gasteiger partial charge in [-0.05, 0) is 93.9 Å². The molecule has 0 fully saturated rings. The zero-order chi connectivity index (χ0) is 33.5. The van der Waals surface area contributed by atoms with Crippen molar-refractivity contribution in [2.75, 3.05) is 13.2 Å². The van der Waals surface area contributed by atoms with Crippen LogP contribution < -0.4 is 9.47 Å². The van der Waals surface area contributed by atoms with Crippen molar-refractivity contribution in [1.82, 2.24) is 4.90 Å². The second-order valence-corrected chi connectivity index (χ2v) is 16.4. The number of halogens is 2. The minimum absolute atomic E-state index is 0.125. The molecular weight excluding hydrogens is 718 g/mol. The SMILES string of the molecule is CCOc1cc(C2C3=C(CC(C)(C)CC3=O)N(CCc3ccccc3)C3=C2C(=O)CC(C)(C)C3)cc(Br)c1OCc1ccc(Br)cc1. The number of allylic oxidation sites excluding steroid dienone is 4. The van der Waals surface area contributed by atoms with Gasteiger partial charge < -0.3 is 14.4 Å². The first-order chi connectivity index (χ1) is 22.4. The summed E-state index contributed by atoms with van der Waals surface area (Å²) in [5, 5.41) is 0. The maximum Gasteiger partial charge on any atom is 0.175 e. The molecule has 6 rings (SSSR count). The summed E-state index contributed by atoms with van der Waals surface area (Å²) >= 11 is 7.30. The first-order valence-corrected chi connectivity index (χ1v) is 18.1. The summed E-state index contributed by atoms with van der Waals surface area (Å²) in [6.45, 7) is 12.2. The number of carbonyl (C=O) groups excluding carboxylic acids is 2. The van der Waals surface area contributed by atoms with E-state index in [9.17, 15) is 9.59 Å². The third kappa shape index (κ3) is 7.17. The maximum absolute atomic E-state index is 14.3. The summed E-state index contributed by atoms with van der Waals surface area (Å²) in [6, 6.07) is 22.5. The van der Waals surface area contributed by atoms with Crippen LogP contribution in [0.5, 0.6) is 11.5 Å². The van der Waals surface area contributed by atoms with E-state index >= 15 is 0 Å². The molecule has 0 unspecified atom stereocenters. The highest BCUT2D eigenvalue weighted by Crippen LogP contribution is 2.55. The van der Waals surface area contributed by atoms with Crippen LogP contribution in [0.4, 0.5) is 0 Å². The predicted octanol–water partition coefficient (Wildman–Crippen LogP) is 10.1. The van der Waals surface area contributed by atoms with Gasteiger partial charge >= 0.3 is 0 Å². The van der Waals surface area contributed by atoms with E-state index in [2.05, 4.69) is 88.7 Å². The lowest BCUT2D eigenvalue weighted by Crippen LogP contribution is -2.45. The van der Waals surface area contributed by atoms with Gasteiger partial charge in [0.05, 0.1) is 11.1 Å². The van der Waals surface area contributed by atoms with Gasteiger partial charge in [-0.1, -0.05) is 86.1 Å². The number of ketones is 2. The van der Waals surface area contributed by atoms with Crippen molar-refractivity contribution in [1.29, 1.82) is 0 Å². The van der Waals surface area contributed by atoms with Crippen LogP contribution in [0.1, 0.15) is 82.9 Å². The molecule has 47 heavy (non-hydrogen) atoms. The van der Waals surface area contributed by atoms with Gasteiger partial charge in [0, 0.05) is 52.3 Å². The smallest absolute Gasteiger partial charge is 0.175 e. The number of hydrogen-bond donors (Lipinski definition) is 0. The van der Waals surface area contributed by atoms with Crippen molar-refractivity contribution < 1.29 is 19.1 Å². The van der Waals surface area contributed by atoms with Crippen LogP contribution in [0.25, 0.3) is 0 Å². The Morgan fingerprint density at radius 2 is 1.36 bits per heavy atom. The van der Waals surface area contributed by atoms with E-state index in [4.69, 9.17) is 9.47 Å². The number of rotatable bonds is 9. The molecule has 5 nitrogen and oxygen atoms in total. The van der Waals surface area contributed by atoms with Gasteiger partial charge in [0.2, 0.25) is 0 Å². The van der Waals surface area contributed by atoms with E-state index in [-0.39, 0.29) is 22.4 Å². The molecule has 7 heteroatoms. The molecular formula is C40H43Br2NO4. The van der Waals surface area contributed by atoms with Crippen LogP contribution in [-0.4, -0.2) is 29.6 Å². The molecule has 3 aromatic rings. The minimum atomic E-state index is -0.462. The number of Topliss-reactive ketones (excluding diaryl/α,β-unsaturated/α-hetero) is 2. The topological polar surface area (TPSA) is 55.8 Å². The summed E-state index contributed by atoms with van der Waals surface area (Å²) in [4.78, 5) is 31.0. The molecule has 0 saturated heterocycles. The monoisotopic (exact) mass is 759 g/mol. The van der Waals surface area contributed by atoms with E-state index in [1.807, 2.05) is 49.4 Å². The fraction of sp³-hybridized carbons (Fsp3) is 0.400. The van der Waals surface area contributed by atoms with Crippen LogP contribution >= 0.6 is 31.9 Å². The van der Waals surface area contributed by atoms with E-state index in [1.165, 1.54) is 5.56 Å². The quantitative estimate of drug-likeness (QED) is 0.217. The Bertz CT molecular complexity index is 1700. The van der Waals surface area contributed by atoms with Crippen molar-refractivity contribution >= 4 is 43.4 Å². The number of benzene rings is 3. The second kappa shape index (κ2) is 13.4. The highest BCUT2D eigenvalue weighted by molar-refractivity contribution is 9.10. The highest BCUT2D eigenvalue weighted by atomic mass is 79.9.